The Bertz CT molecular complexity index is 646. The molecule has 1 aromatic heterocycles. The van der Waals surface area contributed by atoms with Crippen LogP contribution in [0.3, 0.4) is 0 Å². The lowest BCUT2D eigenvalue weighted by Gasteiger charge is -2.14. The van der Waals surface area contributed by atoms with Gasteiger partial charge in [-0.15, -0.1) is 0 Å². The molecule has 23 heavy (non-hydrogen) atoms. The number of hydrogen-bond donors (Lipinski definition) is 1. The molecular weight excluding hydrogens is 306 g/mol. The fourth-order valence-corrected chi connectivity index (χ4v) is 2.71. The first-order chi connectivity index (χ1) is 11.2. The highest BCUT2D eigenvalue weighted by Crippen LogP contribution is 2.16. The second-order valence-corrected chi connectivity index (χ2v) is 6.26. The van der Waals surface area contributed by atoms with Gasteiger partial charge in [0.1, 0.15) is 0 Å². The molecule has 0 saturated carbocycles. The summed E-state index contributed by atoms with van der Waals surface area (Å²) in [5.41, 5.74) is 2.64. The molecule has 0 bridgehead atoms. The molecule has 0 fully saturated rings. The van der Waals surface area contributed by atoms with E-state index in [0.29, 0.717) is 17.3 Å². The van der Waals surface area contributed by atoms with Crippen LogP contribution in [-0.4, -0.2) is 28.7 Å². The van der Waals surface area contributed by atoms with Gasteiger partial charge in [0.15, 0.2) is 5.16 Å². The molecule has 0 saturated heterocycles. The van der Waals surface area contributed by atoms with Gasteiger partial charge in [0.2, 0.25) is 0 Å². The van der Waals surface area contributed by atoms with Crippen LogP contribution < -0.4 is 5.32 Å². The zero-order valence-corrected chi connectivity index (χ0v) is 14.7. The van der Waals surface area contributed by atoms with Crippen molar-refractivity contribution in [3.63, 3.8) is 0 Å². The predicted molar refractivity (Wildman–Crippen MR) is 95.0 cm³/mol. The number of amides is 1. The maximum atomic E-state index is 12.5. The van der Waals surface area contributed by atoms with Crippen LogP contribution in [0.2, 0.25) is 0 Å². The van der Waals surface area contributed by atoms with E-state index in [1.54, 1.807) is 6.20 Å². The quantitative estimate of drug-likeness (QED) is 0.622. The molecule has 0 aliphatic rings. The third-order valence-corrected chi connectivity index (χ3v) is 4.26. The van der Waals surface area contributed by atoms with Crippen LogP contribution in [-0.2, 0) is 6.42 Å². The Kier molecular flexibility index (Phi) is 6.59. The van der Waals surface area contributed by atoms with Gasteiger partial charge in [-0.3, -0.25) is 4.79 Å². The van der Waals surface area contributed by atoms with Crippen molar-refractivity contribution in [1.29, 1.82) is 0 Å². The normalized spacial score (nSPS) is 12.0. The van der Waals surface area contributed by atoms with E-state index in [1.807, 2.05) is 24.5 Å². The highest BCUT2D eigenvalue weighted by Gasteiger charge is 2.15. The largest absolute Gasteiger partial charge is 0.351 e. The first-order valence-corrected chi connectivity index (χ1v) is 9.11. The van der Waals surface area contributed by atoms with Crippen molar-refractivity contribution in [3.05, 3.63) is 53.3 Å². The summed E-state index contributed by atoms with van der Waals surface area (Å²) in [5, 5.41) is 3.72. The molecule has 0 aliphatic heterocycles. The van der Waals surface area contributed by atoms with Crippen molar-refractivity contribution in [3.8, 4) is 0 Å². The summed E-state index contributed by atoms with van der Waals surface area (Å²) in [7, 11) is 0. The summed E-state index contributed by atoms with van der Waals surface area (Å²) in [6.45, 7) is 4.79. The first kappa shape index (κ1) is 17.5. The molecule has 0 radical (unpaired) electrons. The molecular formula is C18H23N3OS. The zero-order chi connectivity index (χ0) is 16.7. The minimum Gasteiger partial charge on any atom is -0.351 e. The van der Waals surface area contributed by atoms with Crippen molar-refractivity contribution < 1.29 is 4.79 Å². The van der Waals surface area contributed by atoms with Crippen molar-refractivity contribution in [2.24, 2.45) is 0 Å². The third-order valence-electron chi connectivity index (χ3n) is 3.70. The maximum absolute atomic E-state index is 12.5. The van der Waals surface area contributed by atoms with Crippen LogP contribution in [0.1, 0.15) is 47.8 Å². The van der Waals surface area contributed by atoms with E-state index in [0.717, 1.165) is 18.5 Å². The first-order valence-electron chi connectivity index (χ1n) is 7.88. The number of thioether (sulfide) groups is 1. The molecule has 4 nitrogen and oxygen atoms in total. The minimum atomic E-state index is -0.0936. The number of carbonyl (C=O) groups excluding carboxylic acids is 1. The molecule has 1 amide bonds. The van der Waals surface area contributed by atoms with Gasteiger partial charge < -0.3 is 5.32 Å². The van der Waals surface area contributed by atoms with Gasteiger partial charge in [0, 0.05) is 12.7 Å². The number of aryl methyl sites for hydroxylation is 1. The Labute approximate surface area is 142 Å². The summed E-state index contributed by atoms with van der Waals surface area (Å²) in [6, 6.07) is 10.2. The van der Waals surface area contributed by atoms with E-state index in [2.05, 4.69) is 41.3 Å². The number of carbonyl (C=O) groups is 1. The Morgan fingerprint density at radius 1 is 1.30 bits per heavy atom. The van der Waals surface area contributed by atoms with E-state index in [-0.39, 0.29) is 11.8 Å². The lowest BCUT2D eigenvalue weighted by atomic mass is 10.0. The minimum absolute atomic E-state index is 0.0936. The van der Waals surface area contributed by atoms with Gasteiger partial charge in [-0.05, 0) is 24.2 Å². The molecule has 1 heterocycles. The molecule has 1 N–H and O–H groups in total. The van der Waals surface area contributed by atoms with Crippen molar-refractivity contribution in [2.75, 3.05) is 12.8 Å². The Morgan fingerprint density at radius 2 is 2.04 bits per heavy atom. The second kappa shape index (κ2) is 8.67. The summed E-state index contributed by atoms with van der Waals surface area (Å²) in [5.74, 6) is 0.171. The fraction of sp³-hybridized carbons (Fsp3) is 0.389. The number of nitrogens with one attached hydrogen (secondary N) is 1. The third kappa shape index (κ3) is 4.79. The summed E-state index contributed by atoms with van der Waals surface area (Å²) in [6.07, 6.45) is 5.32. The van der Waals surface area contributed by atoms with Crippen LogP contribution in [0.5, 0.6) is 0 Å². The number of rotatable bonds is 7. The monoisotopic (exact) mass is 329 g/mol. The lowest BCUT2D eigenvalue weighted by Crippen LogP contribution is -2.29. The zero-order valence-electron chi connectivity index (χ0n) is 13.9. The van der Waals surface area contributed by atoms with Crippen LogP contribution in [0.25, 0.3) is 0 Å². The SMILES string of the molecule is CCCc1nc(SC)ncc1C(=O)NCC(C)c1ccccc1. The number of aromatic nitrogens is 2. The number of hydrogen-bond acceptors (Lipinski definition) is 4. The summed E-state index contributed by atoms with van der Waals surface area (Å²) >= 11 is 1.49. The summed E-state index contributed by atoms with van der Waals surface area (Å²) < 4.78 is 0. The molecule has 2 aromatic rings. The fourth-order valence-electron chi connectivity index (χ4n) is 2.35. The molecule has 1 aromatic carbocycles. The van der Waals surface area contributed by atoms with E-state index >= 15 is 0 Å². The van der Waals surface area contributed by atoms with Crippen LogP contribution in [0.4, 0.5) is 0 Å². The van der Waals surface area contributed by atoms with Crippen molar-refractivity contribution >= 4 is 17.7 Å². The number of benzene rings is 1. The van der Waals surface area contributed by atoms with E-state index in [4.69, 9.17) is 0 Å². The van der Waals surface area contributed by atoms with Crippen LogP contribution in [0.15, 0.2) is 41.7 Å². The molecule has 0 aliphatic carbocycles. The molecule has 1 unspecified atom stereocenters. The summed E-state index contributed by atoms with van der Waals surface area (Å²) in [4.78, 5) is 21.2. The van der Waals surface area contributed by atoms with Crippen molar-refractivity contribution in [2.45, 2.75) is 37.8 Å². The average Bonchev–Trinajstić information content (AvgIpc) is 2.60. The molecule has 5 heteroatoms. The second-order valence-electron chi connectivity index (χ2n) is 5.49. The van der Waals surface area contributed by atoms with E-state index in [1.165, 1.54) is 17.3 Å². The topological polar surface area (TPSA) is 54.9 Å². The lowest BCUT2D eigenvalue weighted by molar-refractivity contribution is 0.0949. The average molecular weight is 329 g/mol. The highest BCUT2D eigenvalue weighted by molar-refractivity contribution is 7.98. The maximum Gasteiger partial charge on any atom is 0.254 e. The van der Waals surface area contributed by atoms with Gasteiger partial charge in [-0.2, -0.15) is 0 Å². The van der Waals surface area contributed by atoms with Gasteiger partial charge in [-0.1, -0.05) is 62.4 Å². The molecule has 0 spiro atoms. The molecule has 2 rings (SSSR count). The smallest absolute Gasteiger partial charge is 0.254 e. The standard InChI is InChI=1S/C18H23N3OS/c1-4-8-16-15(12-20-18(21-16)23-3)17(22)19-11-13(2)14-9-6-5-7-10-14/h5-7,9-10,12-13H,4,8,11H2,1-3H3,(H,19,22). The van der Waals surface area contributed by atoms with Gasteiger partial charge in [0.25, 0.3) is 5.91 Å². The number of nitrogens with zero attached hydrogens (tertiary/aromatic N) is 2. The predicted octanol–water partition coefficient (Wildman–Crippen LogP) is 3.68. The molecule has 122 valence electrons. The molecule has 1 atom stereocenters. The van der Waals surface area contributed by atoms with Crippen molar-refractivity contribution in [1.82, 2.24) is 15.3 Å². The Hall–Kier alpha value is -1.88. The Balaban J connectivity index is 2.05. The van der Waals surface area contributed by atoms with E-state index in [9.17, 15) is 4.79 Å². The van der Waals surface area contributed by atoms with Gasteiger partial charge in [0.05, 0.1) is 11.3 Å². The Morgan fingerprint density at radius 3 is 2.70 bits per heavy atom. The van der Waals surface area contributed by atoms with Gasteiger partial charge >= 0.3 is 0 Å². The van der Waals surface area contributed by atoms with E-state index < -0.39 is 0 Å². The van der Waals surface area contributed by atoms with Gasteiger partial charge in [-0.25, -0.2) is 9.97 Å². The highest BCUT2D eigenvalue weighted by atomic mass is 32.2. The van der Waals surface area contributed by atoms with Crippen LogP contribution in [0, 0.1) is 0 Å². The van der Waals surface area contributed by atoms with Crippen LogP contribution >= 0.6 is 11.8 Å².